The van der Waals surface area contributed by atoms with E-state index in [1.165, 1.54) is 25.7 Å². The van der Waals surface area contributed by atoms with Crippen molar-refractivity contribution in [2.75, 3.05) is 19.7 Å². The largest absolute Gasteiger partial charge is 0.374 e. The molecule has 0 bridgehead atoms. The summed E-state index contributed by atoms with van der Waals surface area (Å²) in [6, 6.07) is 0.847. The molecule has 1 heterocycles. The Morgan fingerprint density at radius 1 is 1.29 bits per heavy atom. The first-order valence-corrected chi connectivity index (χ1v) is 7.28. The van der Waals surface area contributed by atoms with E-state index in [0.29, 0.717) is 6.04 Å². The Morgan fingerprint density at radius 2 is 2.00 bits per heavy atom. The first-order chi connectivity index (χ1) is 8.16. The van der Waals surface area contributed by atoms with Crippen molar-refractivity contribution in [2.24, 2.45) is 11.7 Å². The van der Waals surface area contributed by atoms with Crippen molar-refractivity contribution in [2.45, 2.75) is 64.1 Å². The first kappa shape index (κ1) is 13.3. The highest BCUT2D eigenvalue weighted by molar-refractivity contribution is 4.84. The normalized spacial score (nSPS) is 30.0. The molecule has 2 fully saturated rings. The van der Waals surface area contributed by atoms with Gasteiger partial charge in [-0.25, -0.2) is 0 Å². The van der Waals surface area contributed by atoms with E-state index >= 15 is 0 Å². The summed E-state index contributed by atoms with van der Waals surface area (Å²) in [6.07, 6.45) is 6.99. The summed E-state index contributed by atoms with van der Waals surface area (Å²) in [5.41, 5.74) is 6.34. The van der Waals surface area contributed by atoms with Crippen LogP contribution in [0, 0.1) is 5.92 Å². The zero-order valence-corrected chi connectivity index (χ0v) is 11.4. The van der Waals surface area contributed by atoms with Crippen LogP contribution in [0.5, 0.6) is 0 Å². The SMILES string of the molecule is CC(C)N1CCOC(C(N)CC2CCCC2)C1. The third-order valence-corrected chi connectivity index (χ3v) is 4.41. The molecule has 0 aromatic rings. The highest BCUT2D eigenvalue weighted by atomic mass is 16.5. The summed E-state index contributed by atoms with van der Waals surface area (Å²) >= 11 is 0. The van der Waals surface area contributed by atoms with E-state index in [-0.39, 0.29) is 12.1 Å². The van der Waals surface area contributed by atoms with Crippen LogP contribution in [0.1, 0.15) is 46.0 Å². The van der Waals surface area contributed by atoms with E-state index in [1.54, 1.807) is 0 Å². The van der Waals surface area contributed by atoms with Crippen LogP contribution in [0.15, 0.2) is 0 Å². The summed E-state index contributed by atoms with van der Waals surface area (Å²) in [6.45, 7) is 7.44. The third kappa shape index (κ3) is 3.67. The second kappa shape index (κ2) is 6.17. The summed E-state index contributed by atoms with van der Waals surface area (Å²) in [5.74, 6) is 0.864. The molecular formula is C14H28N2O. The van der Waals surface area contributed by atoms with E-state index in [9.17, 15) is 0 Å². The molecule has 0 radical (unpaired) electrons. The molecule has 3 nitrogen and oxygen atoms in total. The van der Waals surface area contributed by atoms with Gasteiger partial charge in [-0.2, -0.15) is 0 Å². The molecule has 2 N–H and O–H groups in total. The number of nitrogens with zero attached hydrogens (tertiary/aromatic N) is 1. The Balaban J connectivity index is 1.79. The zero-order chi connectivity index (χ0) is 12.3. The molecule has 0 amide bonds. The average Bonchev–Trinajstić information content (AvgIpc) is 2.82. The van der Waals surface area contributed by atoms with Gasteiger partial charge in [-0.05, 0) is 26.2 Å². The minimum atomic E-state index is 0.236. The van der Waals surface area contributed by atoms with Gasteiger partial charge in [0.1, 0.15) is 0 Å². The topological polar surface area (TPSA) is 38.5 Å². The third-order valence-electron chi connectivity index (χ3n) is 4.41. The molecule has 1 aliphatic carbocycles. The Kier molecular flexibility index (Phi) is 4.83. The van der Waals surface area contributed by atoms with Crippen molar-refractivity contribution in [3.05, 3.63) is 0 Å². The molecule has 2 atom stereocenters. The highest BCUT2D eigenvalue weighted by Crippen LogP contribution is 2.29. The van der Waals surface area contributed by atoms with Gasteiger partial charge in [0.2, 0.25) is 0 Å². The standard InChI is InChI=1S/C14H28N2O/c1-11(2)16-7-8-17-14(10-16)13(15)9-12-5-3-4-6-12/h11-14H,3-10,15H2,1-2H3. The maximum Gasteiger partial charge on any atom is 0.0853 e. The molecule has 100 valence electrons. The van der Waals surface area contributed by atoms with E-state index in [2.05, 4.69) is 18.7 Å². The molecule has 17 heavy (non-hydrogen) atoms. The molecule has 1 saturated heterocycles. The van der Waals surface area contributed by atoms with Gasteiger partial charge in [-0.3, -0.25) is 4.90 Å². The first-order valence-electron chi connectivity index (χ1n) is 7.28. The van der Waals surface area contributed by atoms with E-state index in [1.807, 2.05) is 0 Å². The second-order valence-corrected chi connectivity index (χ2v) is 6.05. The molecule has 1 saturated carbocycles. The van der Waals surface area contributed by atoms with Gasteiger partial charge in [0.05, 0.1) is 12.7 Å². The van der Waals surface area contributed by atoms with Gasteiger partial charge in [0.25, 0.3) is 0 Å². The number of nitrogens with two attached hydrogens (primary N) is 1. The van der Waals surface area contributed by atoms with Crippen LogP contribution < -0.4 is 5.73 Å². The van der Waals surface area contributed by atoms with Crippen LogP contribution >= 0.6 is 0 Å². The van der Waals surface area contributed by atoms with Crippen LogP contribution in [0.3, 0.4) is 0 Å². The van der Waals surface area contributed by atoms with Crippen molar-refractivity contribution in [3.8, 4) is 0 Å². The molecule has 2 aliphatic rings. The van der Waals surface area contributed by atoms with Gasteiger partial charge in [0, 0.05) is 25.2 Å². The zero-order valence-electron chi connectivity index (χ0n) is 11.4. The van der Waals surface area contributed by atoms with Gasteiger partial charge in [-0.1, -0.05) is 25.7 Å². The van der Waals surface area contributed by atoms with Crippen molar-refractivity contribution < 1.29 is 4.74 Å². The van der Waals surface area contributed by atoms with E-state index in [4.69, 9.17) is 10.5 Å². The molecule has 2 rings (SSSR count). The van der Waals surface area contributed by atoms with Gasteiger partial charge < -0.3 is 10.5 Å². The predicted octanol–water partition coefficient (Wildman–Crippen LogP) is 2.00. The lowest BCUT2D eigenvalue weighted by molar-refractivity contribution is -0.0525. The maximum absolute atomic E-state index is 6.34. The Morgan fingerprint density at radius 3 is 2.65 bits per heavy atom. The summed E-state index contributed by atoms with van der Waals surface area (Å²) in [7, 11) is 0. The van der Waals surface area contributed by atoms with E-state index in [0.717, 1.165) is 32.0 Å². The fraction of sp³-hybridized carbons (Fsp3) is 1.00. The number of ether oxygens (including phenoxy) is 1. The van der Waals surface area contributed by atoms with Crippen LogP contribution in [0.25, 0.3) is 0 Å². The number of hydrogen-bond acceptors (Lipinski definition) is 3. The second-order valence-electron chi connectivity index (χ2n) is 6.05. The van der Waals surface area contributed by atoms with Crippen molar-refractivity contribution >= 4 is 0 Å². The van der Waals surface area contributed by atoms with Crippen molar-refractivity contribution in [3.63, 3.8) is 0 Å². The van der Waals surface area contributed by atoms with Crippen LogP contribution in [-0.2, 0) is 4.74 Å². The summed E-state index contributed by atoms with van der Waals surface area (Å²) in [5, 5.41) is 0. The van der Waals surface area contributed by atoms with Gasteiger partial charge >= 0.3 is 0 Å². The smallest absolute Gasteiger partial charge is 0.0853 e. The lowest BCUT2D eigenvalue weighted by Gasteiger charge is -2.38. The number of rotatable bonds is 4. The Hall–Kier alpha value is -0.120. The van der Waals surface area contributed by atoms with Crippen LogP contribution in [0.2, 0.25) is 0 Å². The van der Waals surface area contributed by atoms with Crippen LogP contribution in [-0.4, -0.2) is 42.8 Å². The lowest BCUT2D eigenvalue weighted by atomic mass is 9.95. The maximum atomic E-state index is 6.34. The molecule has 2 unspecified atom stereocenters. The fourth-order valence-corrected chi connectivity index (χ4v) is 3.21. The number of morpholine rings is 1. The average molecular weight is 240 g/mol. The highest BCUT2D eigenvalue weighted by Gasteiger charge is 2.29. The Labute approximate surface area is 106 Å². The lowest BCUT2D eigenvalue weighted by Crippen LogP contribution is -2.52. The molecule has 0 aromatic heterocycles. The Bertz CT molecular complexity index is 226. The monoisotopic (exact) mass is 240 g/mol. The van der Waals surface area contributed by atoms with Crippen LogP contribution in [0.4, 0.5) is 0 Å². The number of hydrogen-bond donors (Lipinski definition) is 1. The quantitative estimate of drug-likeness (QED) is 0.817. The minimum Gasteiger partial charge on any atom is -0.374 e. The molecule has 0 aromatic carbocycles. The molecule has 0 spiro atoms. The summed E-state index contributed by atoms with van der Waals surface area (Å²) < 4.78 is 5.86. The van der Waals surface area contributed by atoms with Crippen molar-refractivity contribution in [1.82, 2.24) is 4.90 Å². The van der Waals surface area contributed by atoms with Crippen molar-refractivity contribution in [1.29, 1.82) is 0 Å². The fourth-order valence-electron chi connectivity index (χ4n) is 3.21. The minimum absolute atomic E-state index is 0.236. The molecule has 1 aliphatic heterocycles. The van der Waals surface area contributed by atoms with E-state index < -0.39 is 0 Å². The molecular weight excluding hydrogens is 212 g/mol. The molecule has 3 heteroatoms. The van der Waals surface area contributed by atoms with Gasteiger partial charge in [0.15, 0.2) is 0 Å². The van der Waals surface area contributed by atoms with Gasteiger partial charge in [-0.15, -0.1) is 0 Å². The predicted molar refractivity (Wildman–Crippen MR) is 71.0 cm³/mol. The summed E-state index contributed by atoms with van der Waals surface area (Å²) in [4.78, 5) is 2.49.